The number of benzene rings is 2. The van der Waals surface area contributed by atoms with Crippen LogP contribution < -0.4 is 5.32 Å². The predicted octanol–water partition coefficient (Wildman–Crippen LogP) is 7.55. The number of hydrogen-bond donors (Lipinski definition) is 2. The average Bonchev–Trinajstić information content (AvgIpc) is 2.85. The van der Waals surface area contributed by atoms with Gasteiger partial charge in [0.25, 0.3) is 0 Å². The van der Waals surface area contributed by atoms with E-state index in [1.165, 1.54) is 10.5 Å². The first-order chi connectivity index (χ1) is 16.4. The summed E-state index contributed by atoms with van der Waals surface area (Å²) in [7, 11) is 0. The first-order valence-electron chi connectivity index (χ1n) is 11.8. The smallest absolute Gasteiger partial charge is 0.309 e. The molecule has 1 heterocycles. The highest BCUT2D eigenvalue weighted by atomic mass is 32.2. The van der Waals surface area contributed by atoms with E-state index in [1.807, 2.05) is 44.2 Å². The molecule has 1 aromatic heterocycles. The molecule has 34 heavy (non-hydrogen) atoms. The van der Waals surface area contributed by atoms with Gasteiger partial charge in [0.1, 0.15) is 0 Å². The molecule has 0 fully saturated rings. The van der Waals surface area contributed by atoms with Crippen molar-refractivity contribution in [2.45, 2.75) is 50.7 Å². The third-order valence-corrected chi connectivity index (χ3v) is 7.31. The lowest BCUT2D eigenvalue weighted by Crippen LogP contribution is -2.31. The maximum Gasteiger partial charge on any atom is 0.309 e. The Morgan fingerprint density at radius 3 is 2.53 bits per heavy atom. The second-order valence-corrected chi connectivity index (χ2v) is 9.64. The summed E-state index contributed by atoms with van der Waals surface area (Å²) in [5.74, 6) is 0.126. The first kappa shape index (κ1) is 25.6. The normalized spacial score (nSPS) is 11.6. The molecule has 0 radical (unpaired) electrons. The second kappa shape index (κ2) is 12.4. The minimum Gasteiger partial charge on any atom is -0.481 e. The number of anilines is 1. The van der Waals surface area contributed by atoms with E-state index < -0.39 is 11.4 Å². The molecule has 0 unspecified atom stereocenters. The van der Waals surface area contributed by atoms with E-state index >= 15 is 0 Å². The van der Waals surface area contributed by atoms with E-state index in [2.05, 4.69) is 60.8 Å². The molecule has 0 saturated carbocycles. The van der Waals surface area contributed by atoms with Crippen LogP contribution in [-0.4, -0.2) is 22.6 Å². The molecule has 0 aliphatic heterocycles. The summed E-state index contributed by atoms with van der Waals surface area (Å²) < 4.78 is 0. The SMILES string of the molecule is CCC(CC)(CCNc1cccc(C=Cc2cccc(CSc3cccc(C)c3)n2)c1)C(=O)O. The summed E-state index contributed by atoms with van der Waals surface area (Å²) in [4.78, 5) is 17.7. The number of nitrogens with one attached hydrogen (secondary N) is 1. The molecular weight excluding hydrogens is 440 g/mol. The number of aryl methyl sites for hydroxylation is 1. The highest BCUT2D eigenvalue weighted by Crippen LogP contribution is 2.31. The summed E-state index contributed by atoms with van der Waals surface area (Å²) in [6.45, 7) is 6.64. The van der Waals surface area contributed by atoms with Crippen molar-refractivity contribution in [3.8, 4) is 0 Å². The molecule has 0 spiro atoms. The lowest BCUT2D eigenvalue weighted by atomic mass is 9.79. The van der Waals surface area contributed by atoms with E-state index in [0.29, 0.717) is 25.8 Å². The number of nitrogens with zero attached hydrogens (tertiary/aromatic N) is 1. The number of carbonyl (C=O) groups is 1. The fourth-order valence-electron chi connectivity index (χ4n) is 3.93. The van der Waals surface area contributed by atoms with Gasteiger partial charge in [-0.2, -0.15) is 0 Å². The number of pyridine rings is 1. The van der Waals surface area contributed by atoms with E-state index in [1.54, 1.807) is 11.8 Å². The molecule has 0 aliphatic rings. The Labute approximate surface area is 207 Å². The lowest BCUT2D eigenvalue weighted by Gasteiger charge is -2.26. The van der Waals surface area contributed by atoms with Crippen LogP contribution in [0.1, 0.15) is 55.6 Å². The molecular formula is C29H34N2O2S. The lowest BCUT2D eigenvalue weighted by molar-refractivity contribution is -0.149. The van der Waals surface area contributed by atoms with Gasteiger partial charge in [-0.15, -0.1) is 11.8 Å². The number of rotatable bonds is 12. The van der Waals surface area contributed by atoms with Gasteiger partial charge in [-0.05, 0) is 74.2 Å². The Bertz CT molecular complexity index is 1120. The van der Waals surface area contributed by atoms with Crippen LogP contribution >= 0.6 is 11.8 Å². The number of thioether (sulfide) groups is 1. The summed E-state index contributed by atoms with van der Waals surface area (Å²) in [6, 6.07) is 22.8. The molecule has 178 valence electrons. The third kappa shape index (κ3) is 7.22. The molecule has 0 atom stereocenters. The predicted molar refractivity (Wildman–Crippen MR) is 144 cm³/mol. The Kier molecular flexibility index (Phi) is 9.34. The van der Waals surface area contributed by atoms with Gasteiger partial charge < -0.3 is 10.4 Å². The summed E-state index contributed by atoms with van der Waals surface area (Å²) >= 11 is 1.80. The van der Waals surface area contributed by atoms with Crippen LogP contribution in [0.25, 0.3) is 12.2 Å². The van der Waals surface area contributed by atoms with E-state index in [-0.39, 0.29) is 0 Å². The molecule has 0 aliphatic carbocycles. The second-order valence-electron chi connectivity index (χ2n) is 8.59. The summed E-state index contributed by atoms with van der Waals surface area (Å²) in [5, 5.41) is 13.0. The monoisotopic (exact) mass is 474 g/mol. The van der Waals surface area contributed by atoms with Gasteiger partial charge in [0.2, 0.25) is 0 Å². The Hall–Kier alpha value is -3.05. The Balaban J connectivity index is 1.59. The molecule has 3 aromatic rings. The standard InChI is InChI=1S/C29H34N2O2S/c1-4-29(5-2,28(32)33)17-18-30-25-12-7-10-23(20-25)15-16-24-11-8-13-26(31-24)21-34-27-14-6-9-22(3)19-27/h6-16,19-20,30H,4-5,17-18,21H2,1-3H3,(H,32,33). The van der Waals surface area contributed by atoms with Crippen molar-refractivity contribution in [1.29, 1.82) is 0 Å². The number of carboxylic acid groups (broad SMARTS) is 1. The first-order valence-corrected chi connectivity index (χ1v) is 12.8. The van der Waals surface area contributed by atoms with Gasteiger partial charge in [0.05, 0.1) is 16.8 Å². The molecule has 3 rings (SSSR count). The van der Waals surface area contributed by atoms with Crippen LogP contribution in [-0.2, 0) is 10.5 Å². The summed E-state index contributed by atoms with van der Waals surface area (Å²) in [6.07, 6.45) is 5.97. The van der Waals surface area contributed by atoms with Crippen molar-refractivity contribution in [2.75, 3.05) is 11.9 Å². The average molecular weight is 475 g/mol. The van der Waals surface area contributed by atoms with Crippen LogP contribution in [0, 0.1) is 12.3 Å². The largest absolute Gasteiger partial charge is 0.481 e. The van der Waals surface area contributed by atoms with Gasteiger partial charge in [-0.25, -0.2) is 0 Å². The van der Waals surface area contributed by atoms with Gasteiger partial charge in [0.15, 0.2) is 0 Å². The maximum absolute atomic E-state index is 11.7. The fraction of sp³-hybridized carbons (Fsp3) is 0.310. The zero-order valence-electron chi connectivity index (χ0n) is 20.3. The zero-order valence-corrected chi connectivity index (χ0v) is 21.1. The minimum atomic E-state index is -0.706. The highest BCUT2D eigenvalue weighted by molar-refractivity contribution is 7.98. The molecule has 0 bridgehead atoms. The quantitative estimate of drug-likeness (QED) is 0.265. The van der Waals surface area contributed by atoms with Crippen LogP contribution in [0.2, 0.25) is 0 Å². The third-order valence-electron chi connectivity index (χ3n) is 6.28. The molecule has 4 nitrogen and oxygen atoms in total. The molecule has 2 N–H and O–H groups in total. The number of aromatic nitrogens is 1. The van der Waals surface area contributed by atoms with Gasteiger partial charge >= 0.3 is 5.97 Å². The Morgan fingerprint density at radius 2 is 1.79 bits per heavy atom. The zero-order chi connectivity index (χ0) is 24.4. The molecule has 5 heteroatoms. The molecule has 0 amide bonds. The van der Waals surface area contributed by atoms with E-state index in [4.69, 9.17) is 4.98 Å². The minimum absolute atomic E-state index is 0.604. The number of carboxylic acids is 1. The van der Waals surface area contributed by atoms with Crippen molar-refractivity contribution in [2.24, 2.45) is 5.41 Å². The topological polar surface area (TPSA) is 62.2 Å². The summed E-state index contributed by atoms with van der Waals surface area (Å²) in [5.41, 5.74) is 4.66. The van der Waals surface area contributed by atoms with Crippen LogP contribution in [0.4, 0.5) is 5.69 Å². The van der Waals surface area contributed by atoms with Crippen LogP contribution in [0.5, 0.6) is 0 Å². The fourth-order valence-corrected chi connectivity index (χ4v) is 4.85. The van der Waals surface area contributed by atoms with Crippen molar-refractivity contribution < 1.29 is 9.90 Å². The highest BCUT2D eigenvalue weighted by Gasteiger charge is 2.34. The van der Waals surface area contributed by atoms with Crippen molar-refractivity contribution in [3.63, 3.8) is 0 Å². The van der Waals surface area contributed by atoms with E-state index in [9.17, 15) is 9.90 Å². The van der Waals surface area contributed by atoms with Crippen LogP contribution in [0.3, 0.4) is 0 Å². The Morgan fingerprint density at radius 1 is 1.03 bits per heavy atom. The van der Waals surface area contributed by atoms with Gasteiger partial charge in [-0.3, -0.25) is 9.78 Å². The number of aliphatic carboxylic acids is 1. The van der Waals surface area contributed by atoms with Crippen LogP contribution in [0.15, 0.2) is 71.6 Å². The van der Waals surface area contributed by atoms with Gasteiger partial charge in [0, 0.05) is 22.9 Å². The van der Waals surface area contributed by atoms with Crippen molar-refractivity contribution in [3.05, 3.63) is 89.2 Å². The number of hydrogen-bond acceptors (Lipinski definition) is 4. The van der Waals surface area contributed by atoms with Gasteiger partial charge in [-0.1, -0.05) is 55.8 Å². The van der Waals surface area contributed by atoms with Crippen molar-refractivity contribution in [1.82, 2.24) is 4.98 Å². The maximum atomic E-state index is 11.7. The molecule has 2 aromatic carbocycles. The molecule has 0 saturated heterocycles. The van der Waals surface area contributed by atoms with E-state index in [0.717, 1.165) is 28.4 Å². The van der Waals surface area contributed by atoms with Crippen molar-refractivity contribution >= 4 is 35.6 Å².